The maximum atomic E-state index is 6.61. The Labute approximate surface area is 195 Å². The van der Waals surface area contributed by atoms with Crippen molar-refractivity contribution in [2.24, 2.45) is 5.92 Å². The summed E-state index contributed by atoms with van der Waals surface area (Å²) < 4.78 is 6.61. The molecule has 3 aromatic rings. The molecule has 3 nitrogen and oxygen atoms in total. The summed E-state index contributed by atoms with van der Waals surface area (Å²) in [6.07, 6.45) is 20.9. The van der Waals surface area contributed by atoms with Gasteiger partial charge in [0, 0.05) is 58.7 Å². The molecule has 1 fully saturated rings. The first-order chi connectivity index (χ1) is 16.3. The van der Waals surface area contributed by atoms with Crippen LogP contribution in [0.5, 0.6) is 0 Å². The Balaban J connectivity index is 1.33. The van der Waals surface area contributed by atoms with E-state index >= 15 is 0 Å². The van der Waals surface area contributed by atoms with Gasteiger partial charge in [0.15, 0.2) is 0 Å². The fourth-order valence-electron chi connectivity index (χ4n) is 7.12. The molecular weight excluding hydrogens is 404 g/mol. The number of hydrogen-bond acceptors (Lipinski definition) is 3. The zero-order valence-electron chi connectivity index (χ0n) is 19.1. The van der Waals surface area contributed by atoms with E-state index in [0.29, 0.717) is 30.0 Å². The highest BCUT2D eigenvalue weighted by atomic mass is 16.3. The Morgan fingerprint density at radius 2 is 1.88 bits per heavy atom. The van der Waals surface area contributed by atoms with Gasteiger partial charge in [0.05, 0.1) is 0 Å². The minimum atomic E-state index is 0.290. The molecule has 1 saturated heterocycles. The third kappa shape index (κ3) is 2.95. The van der Waals surface area contributed by atoms with Crippen LogP contribution in [0.4, 0.5) is 0 Å². The van der Waals surface area contributed by atoms with Crippen LogP contribution >= 0.6 is 0 Å². The number of benzene rings is 1. The van der Waals surface area contributed by atoms with E-state index in [9.17, 15) is 0 Å². The van der Waals surface area contributed by atoms with Gasteiger partial charge in [-0.1, -0.05) is 60.7 Å². The van der Waals surface area contributed by atoms with Gasteiger partial charge in [0.25, 0.3) is 0 Å². The van der Waals surface area contributed by atoms with Crippen molar-refractivity contribution in [3.63, 3.8) is 0 Å². The summed E-state index contributed by atoms with van der Waals surface area (Å²) in [4.78, 5) is 7.73. The van der Waals surface area contributed by atoms with Crippen LogP contribution < -0.4 is 0 Å². The van der Waals surface area contributed by atoms with Crippen molar-refractivity contribution in [3.05, 3.63) is 102 Å². The summed E-state index contributed by atoms with van der Waals surface area (Å²) >= 11 is 0. The molecule has 166 valence electrons. The molecule has 0 radical (unpaired) electrons. The van der Waals surface area contributed by atoms with Crippen molar-refractivity contribution in [1.29, 1.82) is 0 Å². The van der Waals surface area contributed by atoms with Crippen LogP contribution in [0.25, 0.3) is 11.0 Å². The highest BCUT2D eigenvalue weighted by molar-refractivity contribution is 5.83. The standard InChI is InChI=1S/C30H30N2O/c1-19-14-16-24(31-18-19)22-9-2-5-11-25(22)32-26-12-6-3-10-23(26)29-27(32)17-15-21-20-8-4-7-13-28(20)33-30(21)29/h2-5,7-11,13-14,16,18,22-23,25-27,29H,6,12,15,17H2,1H3. The number of para-hydroxylation sites is 1. The molecule has 3 heteroatoms. The summed E-state index contributed by atoms with van der Waals surface area (Å²) in [6.45, 7) is 2.11. The molecule has 1 aromatic carbocycles. The molecule has 3 heterocycles. The molecule has 3 aliphatic carbocycles. The normalized spacial score (nSPS) is 32.6. The van der Waals surface area contributed by atoms with Crippen LogP contribution in [0, 0.1) is 12.8 Å². The number of aryl methyl sites for hydroxylation is 2. The van der Waals surface area contributed by atoms with Gasteiger partial charge in [-0.3, -0.25) is 9.88 Å². The van der Waals surface area contributed by atoms with E-state index in [1.54, 1.807) is 0 Å². The molecule has 6 unspecified atom stereocenters. The number of hydrogen-bond donors (Lipinski definition) is 0. The first kappa shape index (κ1) is 19.5. The SMILES string of the molecule is Cc1ccc(C2C=CC=CC2N2C3CCC=CC3C3c4oc5ccccc5c4CCC32)nc1. The maximum Gasteiger partial charge on any atom is 0.134 e. The molecule has 0 bridgehead atoms. The minimum Gasteiger partial charge on any atom is -0.460 e. The van der Waals surface area contributed by atoms with Crippen molar-refractivity contribution in [2.75, 3.05) is 0 Å². The lowest BCUT2D eigenvalue weighted by molar-refractivity contribution is 0.119. The number of rotatable bonds is 2. The Morgan fingerprint density at radius 1 is 0.970 bits per heavy atom. The summed E-state index contributed by atoms with van der Waals surface area (Å²) in [5.41, 5.74) is 4.91. The first-order valence-electron chi connectivity index (χ1n) is 12.5. The molecule has 0 N–H and O–H groups in total. The van der Waals surface area contributed by atoms with Gasteiger partial charge in [-0.25, -0.2) is 0 Å². The lowest BCUT2D eigenvalue weighted by Gasteiger charge is -2.42. The average molecular weight is 435 g/mol. The third-order valence-electron chi connectivity index (χ3n) is 8.48. The third-order valence-corrected chi connectivity index (χ3v) is 8.48. The Bertz CT molecular complexity index is 1280. The Kier molecular flexibility index (Phi) is 4.48. The molecule has 6 atom stereocenters. The number of aromatic nitrogens is 1. The predicted molar refractivity (Wildman–Crippen MR) is 132 cm³/mol. The van der Waals surface area contributed by atoms with Crippen LogP contribution in [0.15, 0.2) is 83.5 Å². The lowest BCUT2D eigenvalue weighted by atomic mass is 9.75. The van der Waals surface area contributed by atoms with Crippen LogP contribution in [-0.2, 0) is 6.42 Å². The quantitative estimate of drug-likeness (QED) is 0.433. The van der Waals surface area contributed by atoms with Gasteiger partial charge in [0.2, 0.25) is 0 Å². The molecule has 1 aliphatic heterocycles. The highest BCUT2D eigenvalue weighted by Gasteiger charge is 2.54. The van der Waals surface area contributed by atoms with E-state index in [4.69, 9.17) is 9.40 Å². The zero-order chi connectivity index (χ0) is 21.9. The van der Waals surface area contributed by atoms with Crippen molar-refractivity contribution in [1.82, 2.24) is 9.88 Å². The number of fused-ring (bicyclic) bond motifs is 7. The molecule has 4 aliphatic rings. The topological polar surface area (TPSA) is 29.3 Å². The van der Waals surface area contributed by atoms with Crippen molar-refractivity contribution in [2.45, 2.75) is 62.6 Å². The van der Waals surface area contributed by atoms with E-state index in [2.05, 4.69) is 84.7 Å². The zero-order valence-corrected chi connectivity index (χ0v) is 19.1. The van der Waals surface area contributed by atoms with E-state index < -0.39 is 0 Å². The van der Waals surface area contributed by atoms with Crippen molar-refractivity contribution < 1.29 is 4.42 Å². The average Bonchev–Trinajstić information content (AvgIpc) is 3.40. The largest absolute Gasteiger partial charge is 0.460 e. The van der Waals surface area contributed by atoms with Gasteiger partial charge in [-0.05, 0) is 50.3 Å². The second-order valence-corrected chi connectivity index (χ2v) is 10.2. The van der Waals surface area contributed by atoms with E-state index in [1.165, 1.54) is 47.2 Å². The van der Waals surface area contributed by atoms with Gasteiger partial charge in [-0.15, -0.1) is 0 Å². The summed E-state index contributed by atoms with van der Waals surface area (Å²) in [5, 5.41) is 1.32. The second kappa shape index (κ2) is 7.56. The summed E-state index contributed by atoms with van der Waals surface area (Å²) in [6, 6.07) is 14.4. The number of likely N-dealkylation sites (tertiary alicyclic amines) is 1. The predicted octanol–water partition coefficient (Wildman–Crippen LogP) is 6.46. The smallest absolute Gasteiger partial charge is 0.134 e. The Morgan fingerprint density at radius 3 is 2.79 bits per heavy atom. The molecule has 33 heavy (non-hydrogen) atoms. The summed E-state index contributed by atoms with van der Waals surface area (Å²) in [5.74, 6) is 2.51. The van der Waals surface area contributed by atoms with Crippen LogP contribution in [0.2, 0.25) is 0 Å². The van der Waals surface area contributed by atoms with Crippen LogP contribution in [-0.4, -0.2) is 28.0 Å². The van der Waals surface area contributed by atoms with Crippen LogP contribution in [0.3, 0.4) is 0 Å². The van der Waals surface area contributed by atoms with E-state index in [-0.39, 0.29) is 5.92 Å². The molecule has 7 rings (SSSR count). The van der Waals surface area contributed by atoms with E-state index in [1.807, 2.05) is 6.20 Å². The second-order valence-electron chi connectivity index (χ2n) is 10.2. The number of furan rings is 1. The Hall–Kier alpha value is -2.91. The van der Waals surface area contributed by atoms with Crippen molar-refractivity contribution in [3.8, 4) is 0 Å². The molecule has 0 saturated carbocycles. The number of pyridine rings is 1. The van der Waals surface area contributed by atoms with Gasteiger partial charge >= 0.3 is 0 Å². The summed E-state index contributed by atoms with van der Waals surface area (Å²) in [7, 11) is 0. The molecular formula is C30H30N2O. The monoisotopic (exact) mass is 434 g/mol. The molecule has 2 aromatic heterocycles. The molecule has 0 amide bonds. The first-order valence-corrected chi connectivity index (χ1v) is 12.5. The lowest BCUT2D eigenvalue weighted by Crippen LogP contribution is -2.48. The van der Waals surface area contributed by atoms with Gasteiger partial charge in [0.1, 0.15) is 11.3 Å². The molecule has 0 spiro atoms. The fourth-order valence-corrected chi connectivity index (χ4v) is 7.12. The van der Waals surface area contributed by atoms with Crippen molar-refractivity contribution >= 4 is 11.0 Å². The van der Waals surface area contributed by atoms with E-state index in [0.717, 1.165) is 12.0 Å². The maximum absolute atomic E-state index is 6.61. The van der Waals surface area contributed by atoms with Gasteiger partial charge in [-0.2, -0.15) is 0 Å². The highest BCUT2D eigenvalue weighted by Crippen LogP contribution is 2.54. The fraction of sp³-hybridized carbons (Fsp3) is 0.367. The number of nitrogens with zero attached hydrogens (tertiary/aromatic N) is 2. The van der Waals surface area contributed by atoms with Crippen LogP contribution in [0.1, 0.15) is 53.7 Å². The minimum absolute atomic E-state index is 0.290. The van der Waals surface area contributed by atoms with Gasteiger partial charge < -0.3 is 4.42 Å². The number of allylic oxidation sites excluding steroid dienone is 3.